The Kier molecular flexibility index (Phi) is 4.16. The molecular formula is C17H29N3. The number of aromatic nitrogens is 2. The van der Waals surface area contributed by atoms with Gasteiger partial charge in [0.15, 0.2) is 0 Å². The highest BCUT2D eigenvalue weighted by molar-refractivity contribution is 5.06. The van der Waals surface area contributed by atoms with Gasteiger partial charge in [-0.25, -0.2) is 0 Å². The lowest BCUT2D eigenvalue weighted by atomic mass is 9.83. The summed E-state index contributed by atoms with van der Waals surface area (Å²) in [5.74, 6) is 0. The van der Waals surface area contributed by atoms with Crippen molar-refractivity contribution in [1.82, 2.24) is 15.1 Å². The summed E-state index contributed by atoms with van der Waals surface area (Å²) in [6, 6.07) is 3.63. The first kappa shape index (κ1) is 14.1. The van der Waals surface area contributed by atoms with E-state index in [4.69, 9.17) is 5.10 Å². The Bertz CT molecular complexity index is 433. The van der Waals surface area contributed by atoms with E-state index in [1.807, 2.05) is 0 Å². The van der Waals surface area contributed by atoms with Gasteiger partial charge in [-0.1, -0.05) is 26.2 Å². The fraction of sp³-hybridized carbons (Fsp3) is 0.824. The number of nitrogens with zero attached hydrogens (tertiary/aromatic N) is 2. The van der Waals surface area contributed by atoms with Crippen molar-refractivity contribution >= 4 is 0 Å². The summed E-state index contributed by atoms with van der Waals surface area (Å²) in [4.78, 5) is 0. The molecule has 1 aromatic heterocycles. The summed E-state index contributed by atoms with van der Waals surface area (Å²) in [6.45, 7) is 2.43. The van der Waals surface area contributed by atoms with Crippen LogP contribution in [0.5, 0.6) is 0 Å². The highest BCUT2D eigenvalue weighted by atomic mass is 15.3. The van der Waals surface area contributed by atoms with Gasteiger partial charge >= 0.3 is 0 Å². The molecular weight excluding hydrogens is 246 g/mol. The molecule has 2 fully saturated rings. The topological polar surface area (TPSA) is 29.9 Å². The normalized spacial score (nSPS) is 31.8. The molecule has 2 saturated carbocycles. The molecule has 1 N–H and O–H groups in total. The molecule has 0 spiro atoms. The fourth-order valence-corrected chi connectivity index (χ4v) is 4.19. The van der Waals surface area contributed by atoms with E-state index >= 15 is 0 Å². The summed E-state index contributed by atoms with van der Waals surface area (Å²) < 4.78 is 2.25. The zero-order valence-electron chi connectivity index (χ0n) is 13.1. The second-order valence-electron chi connectivity index (χ2n) is 7.29. The highest BCUT2D eigenvalue weighted by Crippen LogP contribution is 2.40. The first-order valence-electron chi connectivity index (χ1n) is 8.40. The quantitative estimate of drug-likeness (QED) is 0.908. The third kappa shape index (κ3) is 3.08. The molecule has 0 amide bonds. The van der Waals surface area contributed by atoms with Crippen LogP contribution in [0.4, 0.5) is 0 Å². The van der Waals surface area contributed by atoms with Crippen LogP contribution in [0, 0.1) is 5.41 Å². The van der Waals surface area contributed by atoms with Gasteiger partial charge in [0.05, 0.1) is 11.7 Å². The Hall–Kier alpha value is -0.830. The molecule has 0 aromatic carbocycles. The zero-order valence-corrected chi connectivity index (χ0v) is 13.1. The van der Waals surface area contributed by atoms with Crippen molar-refractivity contribution in [2.45, 2.75) is 76.8 Å². The van der Waals surface area contributed by atoms with Crippen molar-refractivity contribution in [1.29, 1.82) is 0 Å². The molecule has 1 aromatic rings. The van der Waals surface area contributed by atoms with Crippen LogP contribution in [0.3, 0.4) is 0 Å². The molecule has 20 heavy (non-hydrogen) atoms. The van der Waals surface area contributed by atoms with Gasteiger partial charge in [0.2, 0.25) is 0 Å². The molecule has 3 nitrogen and oxygen atoms in total. The SMILES string of the molecule is CNC1CCC(C)(Cc2ccn(C3CCCCC3)n2)C1. The van der Waals surface area contributed by atoms with E-state index in [9.17, 15) is 0 Å². The third-order valence-electron chi connectivity index (χ3n) is 5.46. The average molecular weight is 275 g/mol. The Balaban J connectivity index is 1.62. The van der Waals surface area contributed by atoms with Crippen LogP contribution in [0.2, 0.25) is 0 Å². The lowest BCUT2D eigenvalue weighted by Gasteiger charge is -2.24. The van der Waals surface area contributed by atoms with Crippen molar-refractivity contribution in [2.24, 2.45) is 5.41 Å². The smallest absolute Gasteiger partial charge is 0.0630 e. The van der Waals surface area contributed by atoms with Gasteiger partial charge in [0, 0.05) is 12.2 Å². The summed E-state index contributed by atoms with van der Waals surface area (Å²) in [5.41, 5.74) is 1.74. The third-order valence-corrected chi connectivity index (χ3v) is 5.46. The molecule has 3 heteroatoms. The maximum atomic E-state index is 4.89. The summed E-state index contributed by atoms with van der Waals surface area (Å²) in [7, 11) is 2.09. The largest absolute Gasteiger partial charge is 0.317 e. The minimum Gasteiger partial charge on any atom is -0.317 e. The Labute approximate surface area is 123 Å². The number of hydrogen-bond donors (Lipinski definition) is 1. The predicted octanol–water partition coefficient (Wildman–Crippen LogP) is 3.71. The Morgan fingerprint density at radius 3 is 2.80 bits per heavy atom. The van der Waals surface area contributed by atoms with Crippen LogP contribution in [0.1, 0.15) is 70.0 Å². The number of hydrogen-bond acceptors (Lipinski definition) is 2. The van der Waals surface area contributed by atoms with Gasteiger partial charge in [-0.3, -0.25) is 4.68 Å². The molecule has 0 aliphatic heterocycles. The van der Waals surface area contributed by atoms with Crippen LogP contribution in [-0.2, 0) is 6.42 Å². The Morgan fingerprint density at radius 1 is 1.30 bits per heavy atom. The average Bonchev–Trinajstić information content (AvgIpc) is 3.07. The van der Waals surface area contributed by atoms with Gasteiger partial charge in [-0.05, 0) is 57.1 Å². The first-order chi connectivity index (χ1) is 9.68. The minimum atomic E-state index is 0.444. The Morgan fingerprint density at radius 2 is 2.10 bits per heavy atom. The van der Waals surface area contributed by atoms with Gasteiger partial charge in [-0.2, -0.15) is 5.10 Å². The molecule has 0 bridgehead atoms. The van der Waals surface area contributed by atoms with Crippen LogP contribution in [0.15, 0.2) is 12.3 Å². The van der Waals surface area contributed by atoms with E-state index in [-0.39, 0.29) is 0 Å². The number of nitrogens with one attached hydrogen (secondary N) is 1. The van der Waals surface area contributed by atoms with Gasteiger partial charge in [-0.15, -0.1) is 0 Å². The van der Waals surface area contributed by atoms with E-state index in [2.05, 4.69) is 36.2 Å². The molecule has 2 aliphatic rings. The lowest BCUT2D eigenvalue weighted by Crippen LogP contribution is -2.25. The zero-order chi connectivity index (χ0) is 14.0. The van der Waals surface area contributed by atoms with Gasteiger partial charge in [0.1, 0.15) is 0 Å². The number of rotatable bonds is 4. The molecule has 3 rings (SSSR count). The van der Waals surface area contributed by atoms with Gasteiger partial charge in [0.25, 0.3) is 0 Å². The summed E-state index contributed by atoms with van der Waals surface area (Å²) in [5, 5.41) is 8.33. The maximum Gasteiger partial charge on any atom is 0.0630 e. The van der Waals surface area contributed by atoms with Crippen molar-refractivity contribution in [3.05, 3.63) is 18.0 Å². The van der Waals surface area contributed by atoms with Crippen molar-refractivity contribution in [3.63, 3.8) is 0 Å². The molecule has 2 unspecified atom stereocenters. The monoisotopic (exact) mass is 275 g/mol. The molecule has 1 heterocycles. The molecule has 2 atom stereocenters. The minimum absolute atomic E-state index is 0.444. The lowest BCUT2D eigenvalue weighted by molar-refractivity contribution is 0.308. The van der Waals surface area contributed by atoms with E-state index in [1.54, 1.807) is 0 Å². The maximum absolute atomic E-state index is 4.89. The molecule has 0 saturated heterocycles. The van der Waals surface area contributed by atoms with Crippen molar-refractivity contribution < 1.29 is 0 Å². The van der Waals surface area contributed by atoms with E-state index in [0.717, 1.165) is 6.42 Å². The van der Waals surface area contributed by atoms with Crippen LogP contribution in [0.25, 0.3) is 0 Å². The van der Waals surface area contributed by atoms with Crippen LogP contribution >= 0.6 is 0 Å². The second-order valence-corrected chi connectivity index (χ2v) is 7.29. The van der Waals surface area contributed by atoms with E-state index in [0.29, 0.717) is 17.5 Å². The predicted molar refractivity (Wildman–Crippen MR) is 82.9 cm³/mol. The highest BCUT2D eigenvalue weighted by Gasteiger charge is 2.35. The second kappa shape index (κ2) is 5.88. The summed E-state index contributed by atoms with van der Waals surface area (Å²) >= 11 is 0. The van der Waals surface area contributed by atoms with Crippen molar-refractivity contribution in [3.8, 4) is 0 Å². The van der Waals surface area contributed by atoms with Crippen LogP contribution in [-0.4, -0.2) is 22.9 Å². The summed E-state index contributed by atoms with van der Waals surface area (Å²) in [6.07, 6.45) is 14.1. The van der Waals surface area contributed by atoms with Crippen molar-refractivity contribution in [2.75, 3.05) is 7.05 Å². The van der Waals surface area contributed by atoms with E-state index < -0.39 is 0 Å². The fourth-order valence-electron chi connectivity index (χ4n) is 4.19. The van der Waals surface area contributed by atoms with Gasteiger partial charge < -0.3 is 5.32 Å². The van der Waals surface area contributed by atoms with E-state index in [1.165, 1.54) is 57.1 Å². The molecule has 112 valence electrons. The molecule has 2 aliphatic carbocycles. The molecule has 0 radical (unpaired) electrons. The first-order valence-corrected chi connectivity index (χ1v) is 8.40. The van der Waals surface area contributed by atoms with Crippen LogP contribution < -0.4 is 5.32 Å². The standard InChI is InChI=1S/C17H29N3/c1-17(10-8-14(12-17)18-2)13-15-9-11-20(19-15)16-6-4-3-5-7-16/h9,11,14,16,18H,3-8,10,12-13H2,1-2H3.